The lowest BCUT2D eigenvalue weighted by molar-refractivity contribution is -0.384. The number of piperidine rings is 7. The van der Waals surface area contributed by atoms with Crippen molar-refractivity contribution in [2.75, 3.05) is 19.1 Å². The molecular formula is C98H89FN16O33Si. The number of nitro benzene ring substituents is 1. The van der Waals surface area contributed by atoms with Crippen molar-refractivity contribution >= 4 is 185 Å². The Morgan fingerprint density at radius 1 is 0.362 bits per heavy atom. The minimum Gasteiger partial charge on any atom is -0.508 e. The van der Waals surface area contributed by atoms with E-state index in [0.29, 0.717) is 41.8 Å². The van der Waals surface area contributed by atoms with Crippen LogP contribution in [0, 0.1) is 34.7 Å². The van der Waals surface area contributed by atoms with Crippen molar-refractivity contribution < 1.29 is 159 Å². The fourth-order valence-electron chi connectivity index (χ4n) is 19.0. The molecule has 21 rings (SSSR count). The number of likely N-dealkylation sites (tertiary alicyclic amines) is 2. The van der Waals surface area contributed by atoms with Crippen molar-refractivity contribution in [2.24, 2.45) is 11.8 Å². The van der Waals surface area contributed by atoms with Crippen molar-refractivity contribution in [1.82, 2.24) is 71.1 Å². The van der Waals surface area contributed by atoms with Crippen molar-refractivity contribution in [2.45, 2.75) is 178 Å². The summed E-state index contributed by atoms with van der Waals surface area (Å²) in [5, 5.41) is 42.5. The van der Waals surface area contributed by atoms with Gasteiger partial charge in [-0.15, -0.1) is 0 Å². The molecule has 14 aliphatic heterocycles. The second-order valence-corrected chi connectivity index (χ2v) is 43.0. The summed E-state index contributed by atoms with van der Waals surface area (Å²) in [6.07, 6.45) is 6.33. The topological polar surface area (TPSA) is 695 Å². The highest BCUT2D eigenvalue weighted by Crippen LogP contribution is 2.41. The fraction of sp³-hybridized carbons (Fsp3) is 0.327. The Balaban J connectivity index is 0.000000130. The van der Waals surface area contributed by atoms with Gasteiger partial charge in [-0.1, -0.05) is 50.0 Å². The molecule has 0 bridgehead atoms. The molecule has 10 N–H and O–H groups in total. The highest BCUT2D eigenvalue weighted by Gasteiger charge is 2.56. The predicted octanol–water partition coefficient (Wildman–Crippen LogP) is 1.64. The highest BCUT2D eigenvalue weighted by atomic mass is 28.3. The van der Waals surface area contributed by atoms with Crippen LogP contribution in [0.4, 0.5) is 15.8 Å². The number of nitrogen functional groups attached to an aromatic ring is 1. The molecule has 8 fully saturated rings. The molecule has 1 aliphatic carbocycles. The second kappa shape index (κ2) is 42.3. The number of ether oxygens (including phenoxy) is 1. The number of allylic oxidation sites excluding steroid dienone is 2. The maximum absolute atomic E-state index is 13.7. The zero-order valence-corrected chi connectivity index (χ0v) is 80.2. The summed E-state index contributed by atoms with van der Waals surface area (Å²) in [6, 6.07) is 18.3. The van der Waals surface area contributed by atoms with E-state index in [1.54, 1.807) is 25.1 Å². The van der Waals surface area contributed by atoms with Crippen LogP contribution in [0.15, 0.2) is 121 Å². The molecule has 14 heterocycles. The monoisotopic (exact) mass is 2060 g/mol. The van der Waals surface area contributed by atoms with Gasteiger partial charge in [0.15, 0.2) is 0 Å². The number of phenols is 2. The first-order valence-electron chi connectivity index (χ1n) is 46.5. The fourth-order valence-corrected chi connectivity index (χ4v) is 19.8. The van der Waals surface area contributed by atoms with E-state index in [0.717, 1.165) is 63.4 Å². The van der Waals surface area contributed by atoms with E-state index in [2.05, 4.69) is 51.5 Å². The number of anilines is 1. The number of carbonyl (C=O) groups is 28. The number of nitro groups is 1. The van der Waals surface area contributed by atoms with Gasteiger partial charge < -0.3 is 20.7 Å². The zero-order chi connectivity index (χ0) is 108. The number of nitrogens with one attached hydrogen (secondary N) is 6. The zero-order valence-electron chi connectivity index (χ0n) is 79.2. The van der Waals surface area contributed by atoms with Gasteiger partial charge in [0.1, 0.15) is 66.3 Å². The number of non-ortho nitro benzene ring substituents is 1. The molecule has 0 saturated carbocycles. The minimum atomic E-state index is -1.30. The van der Waals surface area contributed by atoms with E-state index in [9.17, 15) is 159 Å². The lowest BCUT2D eigenvalue weighted by atomic mass is 9.85. The molecular weight excluding hydrogens is 1980 g/mol. The molecule has 9 unspecified atom stereocenters. The van der Waals surface area contributed by atoms with E-state index in [-0.39, 0.29) is 211 Å². The third kappa shape index (κ3) is 20.8. The Hall–Kier alpha value is -18.1. The number of fused-ring (bicyclic) bond motifs is 7. The number of halogens is 1. The molecule has 0 aromatic heterocycles. The number of rotatable bonds is 13. The molecule has 15 aliphatic rings. The van der Waals surface area contributed by atoms with Gasteiger partial charge in [-0.25, -0.2) is 4.39 Å². The van der Waals surface area contributed by atoms with Crippen molar-refractivity contribution in [1.29, 1.82) is 0 Å². The van der Waals surface area contributed by atoms with Crippen LogP contribution >= 0.6 is 0 Å². The van der Waals surface area contributed by atoms with Gasteiger partial charge >= 0.3 is 0 Å². The average Bonchev–Trinajstić information content (AvgIpc) is 1.61. The summed E-state index contributed by atoms with van der Waals surface area (Å²) < 4.78 is 19.2. The van der Waals surface area contributed by atoms with Crippen LogP contribution in [0.5, 0.6) is 11.5 Å². The third-order valence-electron chi connectivity index (χ3n) is 26.6. The normalized spacial score (nSPS) is 23.1. The smallest absolute Gasteiger partial charge is 0.270 e. The van der Waals surface area contributed by atoms with Gasteiger partial charge in [-0.3, -0.25) is 215 Å². The lowest BCUT2D eigenvalue weighted by Crippen LogP contribution is -2.56. The minimum absolute atomic E-state index is 0.0142. The number of carbonyl (C=O) groups excluding carboxylic acids is 28. The quantitative estimate of drug-likeness (QED) is 0.0151. The second-order valence-electron chi connectivity index (χ2n) is 37.4. The summed E-state index contributed by atoms with van der Waals surface area (Å²) in [6.45, 7) is 8.61. The summed E-state index contributed by atoms with van der Waals surface area (Å²) >= 11 is 0. The number of aryl methyl sites for hydroxylation is 1. The van der Waals surface area contributed by atoms with Gasteiger partial charge in [0.05, 0.1) is 83.5 Å². The number of benzene rings is 6. The summed E-state index contributed by atoms with van der Waals surface area (Å²) in [7, 11) is -1.30. The molecule has 770 valence electrons. The number of amides is 28. The van der Waals surface area contributed by atoms with E-state index in [1.807, 2.05) is 12.2 Å². The maximum atomic E-state index is 13.7. The molecule has 51 heteroatoms. The van der Waals surface area contributed by atoms with Crippen LogP contribution in [0.1, 0.15) is 233 Å². The van der Waals surface area contributed by atoms with Crippen LogP contribution < -0.4 is 37.6 Å². The number of hydrogen-bond donors (Lipinski definition) is 9. The van der Waals surface area contributed by atoms with Crippen molar-refractivity contribution in [3.8, 4) is 11.5 Å². The Kier molecular flexibility index (Phi) is 29.9. The van der Waals surface area contributed by atoms with Crippen LogP contribution in [-0.4, -0.2) is 283 Å². The standard InChI is InChI=1S/C19H24N2O6Si.C14H12N2O4.C13H9FN2O4.C13H9N3O6.C13H11N3O4.C13H10N2O5.C13H14N2O4/c1-28(2,3)9-8-27-11-20-16(23)7-6-15(19(20)26)21-17(24)13-5-4-12(22)10-14(13)18(21)25;1-7-3-2-4-8-11(7)14(20)16(13(8)19)9-5-6-10(17)15-12(9)18;14-7-3-1-2-6-10(7)13(20)16(12(6)19)8-4-5-9(17)15-11(8)18;17-10-4-3-9(11(18)14-10)15-12(19)7-2-1-6(16(21)22)5-8(7)13(15)20;14-6-1-2-7-8(5-6)13(20)16(12(7)19)9-3-4-10(17)15-11(9)18;16-6-1-2-7-8(5-6)13(20)15(12(7)19)9-3-4-10(17)14-11(9)18;16-10-6-5-9(11(17)14-10)15-12(18)7-3-1-2-4-8(7)13(15)19/h4-5,10,15,22H,6-9,11H2,1-3H3;2-4,9H,5-6H2,1H3,(H,15,17,18);1-3,8H,4-5H2,(H,15,17,18);1-2,5,9H,3-4H2,(H,14,17,18);1-2,5,9H,3-4,14H2,(H,15,17,18);1-2,5,9,16H,3-4H2,(H,14,17,18);1-2,7-9H,3-6H2,(H,14,16,17). The summed E-state index contributed by atoms with van der Waals surface area (Å²) in [5.41, 5.74) is 7.41. The molecule has 6 aromatic rings. The first-order chi connectivity index (χ1) is 70.6. The Morgan fingerprint density at radius 3 is 1.03 bits per heavy atom. The van der Waals surface area contributed by atoms with Crippen LogP contribution in [0.25, 0.3) is 0 Å². The van der Waals surface area contributed by atoms with Gasteiger partial charge in [0, 0.05) is 77.4 Å². The van der Waals surface area contributed by atoms with Gasteiger partial charge in [-0.05, 0) is 155 Å². The molecule has 28 amide bonds. The number of hydrogen-bond acceptors (Lipinski definition) is 34. The molecule has 6 aromatic carbocycles. The maximum Gasteiger partial charge on any atom is 0.270 e. The number of aromatic hydroxyl groups is 2. The number of phenolic OH excluding ortho intramolecular Hbond substituents is 2. The lowest BCUT2D eigenvalue weighted by Gasteiger charge is -2.34. The number of imide groups is 14. The van der Waals surface area contributed by atoms with E-state index in [4.69, 9.17) is 10.5 Å². The predicted molar refractivity (Wildman–Crippen MR) is 499 cm³/mol. The number of nitrogens with zero attached hydrogens (tertiary/aromatic N) is 9. The van der Waals surface area contributed by atoms with Crippen LogP contribution in [0.2, 0.25) is 25.7 Å². The largest absolute Gasteiger partial charge is 0.508 e. The highest BCUT2D eigenvalue weighted by molar-refractivity contribution is 6.76. The molecule has 149 heavy (non-hydrogen) atoms. The Bertz CT molecular complexity index is 6820. The Labute approximate surface area is 840 Å². The molecule has 9 atom stereocenters. The van der Waals surface area contributed by atoms with Gasteiger partial charge in [0.25, 0.3) is 82.5 Å². The third-order valence-corrected chi connectivity index (χ3v) is 28.3. The van der Waals surface area contributed by atoms with Crippen LogP contribution in [0.3, 0.4) is 0 Å². The average molecular weight is 2070 g/mol. The van der Waals surface area contributed by atoms with Gasteiger partial charge in [-0.2, -0.15) is 0 Å². The first kappa shape index (κ1) is 105. The number of nitrogens with two attached hydrogens (primary N) is 1. The van der Waals surface area contributed by atoms with Crippen molar-refractivity contribution in [3.05, 3.63) is 210 Å². The summed E-state index contributed by atoms with van der Waals surface area (Å²) in [5.74, 6) is -17.0. The van der Waals surface area contributed by atoms with E-state index >= 15 is 0 Å². The Morgan fingerprint density at radius 2 is 0.671 bits per heavy atom. The first-order valence-corrected chi connectivity index (χ1v) is 50.2. The van der Waals surface area contributed by atoms with Gasteiger partial charge in [0.2, 0.25) is 88.6 Å². The summed E-state index contributed by atoms with van der Waals surface area (Å²) in [4.78, 5) is 352. The van der Waals surface area contributed by atoms with E-state index in [1.165, 1.54) is 72.8 Å². The molecule has 0 radical (unpaired) electrons. The van der Waals surface area contributed by atoms with E-state index < -0.39 is 197 Å². The van der Waals surface area contributed by atoms with Crippen LogP contribution in [-0.2, 0) is 81.4 Å². The SMILES string of the molecule is C[Si](C)(C)CCOCN1C(=O)CCC(N2C(=O)c3ccc(O)cc3C2=O)C1=O.Cc1cccc2c1C(=O)N(C1CCC(=O)NC1=O)C2=O.Nc1ccc2c(c1)C(=O)N(C1CCC(=O)NC1=O)C2=O.O=C1CCC(N2C(=O)C3CC=CCC3C2=O)C(=O)N1.O=C1CCC(N2C(=O)c3ccc(O)cc3C2=O)C(=O)N1.O=C1CCC(N2C(=O)c3ccc([N+](=O)[O-])cc3C2=O)C(=O)N1.O=C1CCC(N2C(=O)c3cccc(F)c3C2=O)C(=O)N1. The van der Waals surface area contributed by atoms with Crippen molar-refractivity contribution in [3.63, 3.8) is 0 Å². The molecule has 8 saturated heterocycles. The molecule has 0 spiro atoms. The molecule has 49 nitrogen and oxygen atoms in total.